The topological polar surface area (TPSA) is 74.8 Å². The molecule has 0 radical (unpaired) electrons. The van der Waals surface area contributed by atoms with Crippen LogP contribution >= 0.6 is 23.2 Å². The number of benzene rings is 1. The number of hydrogen-bond acceptors (Lipinski definition) is 6. The maximum Gasteiger partial charge on any atom is 0.339 e. The summed E-state index contributed by atoms with van der Waals surface area (Å²) >= 11 is 12.1. The Balaban J connectivity index is 1.55. The number of aromatic nitrogens is 1. The van der Waals surface area contributed by atoms with E-state index in [2.05, 4.69) is 20.1 Å². The van der Waals surface area contributed by atoms with Crippen LogP contribution in [-0.4, -0.2) is 60.6 Å². The van der Waals surface area contributed by atoms with Crippen LogP contribution in [-0.2, 0) is 9.53 Å². The molecule has 1 amide bonds. The molecular formula is C21H24Cl2N4O3. The lowest BCUT2D eigenvalue weighted by atomic mass is 10.2. The van der Waals surface area contributed by atoms with E-state index in [9.17, 15) is 9.59 Å². The molecule has 2 aromatic rings. The number of anilines is 2. The second kappa shape index (κ2) is 10.1. The van der Waals surface area contributed by atoms with E-state index >= 15 is 0 Å². The summed E-state index contributed by atoms with van der Waals surface area (Å²) < 4.78 is 4.98. The number of rotatable bonds is 6. The van der Waals surface area contributed by atoms with Crippen molar-refractivity contribution in [1.29, 1.82) is 0 Å². The minimum Gasteiger partial charge on any atom is -0.462 e. The highest BCUT2D eigenvalue weighted by atomic mass is 35.5. The summed E-state index contributed by atoms with van der Waals surface area (Å²) in [5.74, 6) is 0.288. The molecule has 1 aromatic heterocycles. The van der Waals surface area contributed by atoms with Gasteiger partial charge in [-0.1, -0.05) is 23.2 Å². The first-order valence-corrected chi connectivity index (χ1v) is 10.5. The van der Waals surface area contributed by atoms with Crippen molar-refractivity contribution in [2.24, 2.45) is 0 Å². The zero-order valence-corrected chi connectivity index (χ0v) is 18.4. The summed E-state index contributed by atoms with van der Waals surface area (Å²) in [6.07, 6.45) is 1.53. The Morgan fingerprint density at radius 3 is 2.53 bits per heavy atom. The number of nitrogens with zero attached hydrogens (tertiary/aromatic N) is 3. The fourth-order valence-electron chi connectivity index (χ4n) is 3.24. The van der Waals surface area contributed by atoms with Crippen LogP contribution in [0.2, 0.25) is 10.0 Å². The molecule has 160 valence electrons. The molecule has 7 nitrogen and oxygen atoms in total. The minimum atomic E-state index is -0.374. The van der Waals surface area contributed by atoms with Gasteiger partial charge in [0.05, 0.1) is 28.9 Å². The standard InChI is InChI=1S/C21H24Cl2N4O3/c1-3-30-21(29)15-4-7-19(24-13-15)27-10-8-26(9-11-27)14(2)20(28)25-18-12-16(22)5-6-17(18)23/h4-7,12-14H,3,8-11H2,1-2H3,(H,25,28). The molecule has 3 rings (SSSR count). The summed E-state index contributed by atoms with van der Waals surface area (Å²) in [5.41, 5.74) is 0.940. The van der Waals surface area contributed by atoms with Gasteiger partial charge in [0.25, 0.3) is 0 Å². The molecule has 1 saturated heterocycles. The van der Waals surface area contributed by atoms with Crippen LogP contribution in [0.4, 0.5) is 11.5 Å². The lowest BCUT2D eigenvalue weighted by Gasteiger charge is -2.38. The average Bonchev–Trinajstić information content (AvgIpc) is 2.76. The van der Waals surface area contributed by atoms with E-state index in [4.69, 9.17) is 27.9 Å². The van der Waals surface area contributed by atoms with Crippen LogP contribution in [0.3, 0.4) is 0 Å². The number of pyridine rings is 1. The molecule has 1 aliphatic heterocycles. The second-order valence-electron chi connectivity index (χ2n) is 6.94. The predicted octanol–water partition coefficient (Wildman–Crippen LogP) is 3.71. The Labute approximate surface area is 185 Å². The highest BCUT2D eigenvalue weighted by Crippen LogP contribution is 2.26. The summed E-state index contributed by atoms with van der Waals surface area (Å²) in [4.78, 5) is 33.0. The van der Waals surface area contributed by atoms with Crippen LogP contribution in [0.25, 0.3) is 0 Å². The smallest absolute Gasteiger partial charge is 0.339 e. The zero-order valence-electron chi connectivity index (χ0n) is 16.9. The number of halogens is 2. The Bertz CT molecular complexity index is 900. The number of ether oxygens (including phenoxy) is 1. The van der Waals surface area contributed by atoms with Crippen molar-refractivity contribution in [3.05, 3.63) is 52.1 Å². The monoisotopic (exact) mass is 450 g/mol. The first-order valence-electron chi connectivity index (χ1n) is 9.77. The van der Waals surface area contributed by atoms with Crippen LogP contribution in [0.15, 0.2) is 36.5 Å². The van der Waals surface area contributed by atoms with Crippen LogP contribution in [0, 0.1) is 0 Å². The van der Waals surface area contributed by atoms with Gasteiger partial charge < -0.3 is 15.0 Å². The van der Waals surface area contributed by atoms with Crippen molar-refractivity contribution in [2.75, 3.05) is 43.0 Å². The third-order valence-corrected chi connectivity index (χ3v) is 5.58. The van der Waals surface area contributed by atoms with Crippen molar-refractivity contribution in [2.45, 2.75) is 19.9 Å². The maximum absolute atomic E-state index is 12.7. The van der Waals surface area contributed by atoms with E-state index in [-0.39, 0.29) is 17.9 Å². The zero-order chi connectivity index (χ0) is 21.7. The number of amides is 1. The third-order valence-electron chi connectivity index (χ3n) is 5.01. The normalized spacial score (nSPS) is 15.5. The molecule has 9 heteroatoms. The van der Waals surface area contributed by atoms with Gasteiger partial charge in [0.15, 0.2) is 0 Å². The van der Waals surface area contributed by atoms with Crippen molar-refractivity contribution < 1.29 is 14.3 Å². The molecule has 0 aliphatic carbocycles. The van der Waals surface area contributed by atoms with Crippen LogP contribution < -0.4 is 10.2 Å². The molecule has 0 bridgehead atoms. The molecule has 30 heavy (non-hydrogen) atoms. The number of carbonyl (C=O) groups is 2. The van der Waals surface area contributed by atoms with Crippen LogP contribution in [0.1, 0.15) is 24.2 Å². The maximum atomic E-state index is 12.7. The number of nitrogens with one attached hydrogen (secondary N) is 1. The molecule has 2 heterocycles. The largest absolute Gasteiger partial charge is 0.462 e. The van der Waals surface area contributed by atoms with Gasteiger partial charge >= 0.3 is 5.97 Å². The summed E-state index contributed by atoms with van der Waals surface area (Å²) in [5, 5.41) is 3.81. The van der Waals surface area contributed by atoms with Gasteiger partial charge in [0.1, 0.15) is 5.82 Å². The highest BCUT2D eigenvalue weighted by molar-refractivity contribution is 6.35. The van der Waals surface area contributed by atoms with Crippen molar-refractivity contribution >= 4 is 46.6 Å². The average molecular weight is 451 g/mol. The predicted molar refractivity (Wildman–Crippen MR) is 119 cm³/mol. The van der Waals surface area contributed by atoms with E-state index in [1.165, 1.54) is 6.20 Å². The molecular weight excluding hydrogens is 427 g/mol. The van der Waals surface area contributed by atoms with Gasteiger partial charge in [-0.15, -0.1) is 0 Å². The molecule has 1 N–H and O–H groups in total. The number of hydrogen-bond donors (Lipinski definition) is 1. The van der Waals surface area contributed by atoms with Crippen LogP contribution in [0.5, 0.6) is 0 Å². The Morgan fingerprint density at radius 1 is 1.17 bits per heavy atom. The summed E-state index contributed by atoms with van der Waals surface area (Å²) in [6.45, 7) is 6.83. The molecule has 1 aliphatic rings. The summed E-state index contributed by atoms with van der Waals surface area (Å²) in [6, 6.07) is 8.19. The van der Waals surface area contributed by atoms with Crippen molar-refractivity contribution in [1.82, 2.24) is 9.88 Å². The van der Waals surface area contributed by atoms with Crippen molar-refractivity contribution in [3.63, 3.8) is 0 Å². The van der Waals surface area contributed by atoms with E-state index in [1.54, 1.807) is 31.2 Å². The van der Waals surface area contributed by atoms with Gasteiger partial charge in [-0.3, -0.25) is 9.69 Å². The molecule has 0 spiro atoms. The van der Waals surface area contributed by atoms with E-state index < -0.39 is 0 Å². The molecule has 1 unspecified atom stereocenters. The summed E-state index contributed by atoms with van der Waals surface area (Å²) in [7, 11) is 0. The number of esters is 1. The van der Waals surface area contributed by atoms with Gasteiger partial charge in [-0.2, -0.15) is 0 Å². The first-order chi connectivity index (χ1) is 14.4. The minimum absolute atomic E-state index is 0.135. The Kier molecular flexibility index (Phi) is 7.53. The first kappa shape index (κ1) is 22.3. The van der Waals surface area contributed by atoms with Gasteiger partial charge in [0, 0.05) is 37.4 Å². The van der Waals surface area contributed by atoms with E-state index in [1.807, 2.05) is 13.0 Å². The van der Waals surface area contributed by atoms with Crippen molar-refractivity contribution in [3.8, 4) is 0 Å². The Hall–Kier alpha value is -2.35. The SMILES string of the molecule is CCOC(=O)c1ccc(N2CCN(C(C)C(=O)Nc3cc(Cl)ccc3Cl)CC2)nc1. The van der Waals surface area contributed by atoms with Gasteiger partial charge in [-0.25, -0.2) is 9.78 Å². The lowest BCUT2D eigenvalue weighted by molar-refractivity contribution is -0.120. The fraction of sp³-hybridized carbons (Fsp3) is 0.381. The molecule has 1 fully saturated rings. The second-order valence-corrected chi connectivity index (χ2v) is 7.78. The fourth-order valence-corrected chi connectivity index (χ4v) is 3.58. The number of piperazine rings is 1. The van der Waals surface area contributed by atoms with Gasteiger partial charge in [0.2, 0.25) is 5.91 Å². The van der Waals surface area contributed by atoms with Gasteiger partial charge in [-0.05, 0) is 44.2 Å². The quantitative estimate of drug-likeness (QED) is 0.675. The van der Waals surface area contributed by atoms with E-state index in [0.717, 1.165) is 18.9 Å². The third kappa shape index (κ3) is 5.41. The van der Waals surface area contributed by atoms with E-state index in [0.29, 0.717) is 41.0 Å². The highest BCUT2D eigenvalue weighted by Gasteiger charge is 2.26. The molecule has 0 saturated carbocycles. The number of carbonyl (C=O) groups excluding carboxylic acids is 2. The molecule has 1 atom stereocenters. The Morgan fingerprint density at radius 2 is 1.90 bits per heavy atom. The lowest BCUT2D eigenvalue weighted by Crippen LogP contribution is -2.53. The molecule has 1 aromatic carbocycles.